The fraction of sp³-hybridized carbons (Fsp3) is 0.294. The summed E-state index contributed by atoms with van der Waals surface area (Å²) in [4.78, 5) is 7.93. The molecule has 0 fully saturated rings. The number of hydrogen-bond acceptors (Lipinski definition) is 5. The van der Waals surface area contributed by atoms with Gasteiger partial charge in [0, 0.05) is 12.4 Å². The molecular formula is C17H20N2O3. The summed E-state index contributed by atoms with van der Waals surface area (Å²) in [6.45, 7) is 5.48. The van der Waals surface area contributed by atoms with E-state index in [4.69, 9.17) is 14.2 Å². The van der Waals surface area contributed by atoms with Gasteiger partial charge in [0.2, 0.25) is 0 Å². The summed E-state index contributed by atoms with van der Waals surface area (Å²) in [5.41, 5.74) is 1.24. The first-order valence-corrected chi connectivity index (χ1v) is 7.13. The standard InChI is InChI=1S/C17H20N2O3/c1-14(2)8-11-20-15-4-6-16(7-5-15)21-12-13-22-17-18-9-3-10-19-17/h3-10H,11-13H2,1-2H3. The van der Waals surface area contributed by atoms with Gasteiger partial charge in [0.1, 0.15) is 31.3 Å². The highest BCUT2D eigenvalue weighted by atomic mass is 16.5. The molecule has 0 aliphatic rings. The molecule has 0 atom stereocenters. The third-order valence-electron chi connectivity index (χ3n) is 2.69. The average Bonchev–Trinajstić information content (AvgIpc) is 2.54. The normalized spacial score (nSPS) is 9.91. The summed E-state index contributed by atoms with van der Waals surface area (Å²) in [5.74, 6) is 1.59. The van der Waals surface area contributed by atoms with E-state index in [9.17, 15) is 0 Å². The van der Waals surface area contributed by atoms with Gasteiger partial charge in [-0.1, -0.05) is 5.57 Å². The van der Waals surface area contributed by atoms with Gasteiger partial charge in [0.25, 0.3) is 0 Å². The molecule has 1 aromatic heterocycles. The van der Waals surface area contributed by atoms with E-state index in [-0.39, 0.29) is 0 Å². The molecule has 0 aliphatic carbocycles. The molecule has 0 saturated heterocycles. The number of hydrogen-bond donors (Lipinski definition) is 0. The zero-order chi connectivity index (χ0) is 15.6. The van der Waals surface area contributed by atoms with Crippen molar-refractivity contribution in [3.05, 3.63) is 54.4 Å². The summed E-state index contributed by atoms with van der Waals surface area (Å²) in [6, 6.07) is 9.61. The summed E-state index contributed by atoms with van der Waals surface area (Å²) in [6.07, 6.45) is 5.31. The Labute approximate surface area is 130 Å². The van der Waals surface area contributed by atoms with Gasteiger partial charge in [-0.15, -0.1) is 0 Å². The van der Waals surface area contributed by atoms with Crippen molar-refractivity contribution in [2.75, 3.05) is 19.8 Å². The number of ether oxygens (including phenoxy) is 3. The predicted molar refractivity (Wildman–Crippen MR) is 84.4 cm³/mol. The number of aromatic nitrogens is 2. The van der Waals surface area contributed by atoms with Gasteiger partial charge in [-0.25, -0.2) is 9.97 Å². The van der Waals surface area contributed by atoms with Crippen molar-refractivity contribution in [3.63, 3.8) is 0 Å². The molecule has 0 aliphatic heterocycles. The minimum absolute atomic E-state index is 0.356. The molecule has 0 N–H and O–H groups in total. The third-order valence-corrected chi connectivity index (χ3v) is 2.69. The van der Waals surface area contributed by atoms with Crippen LogP contribution in [0.15, 0.2) is 54.4 Å². The van der Waals surface area contributed by atoms with Crippen molar-refractivity contribution in [1.29, 1.82) is 0 Å². The number of nitrogens with zero attached hydrogens (tertiary/aromatic N) is 2. The van der Waals surface area contributed by atoms with E-state index in [1.807, 2.05) is 44.2 Å². The maximum Gasteiger partial charge on any atom is 0.316 e. The largest absolute Gasteiger partial charge is 0.490 e. The zero-order valence-corrected chi connectivity index (χ0v) is 12.9. The van der Waals surface area contributed by atoms with E-state index in [1.54, 1.807) is 18.5 Å². The Morgan fingerprint density at radius 3 is 2.14 bits per heavy atom. The average molecular weight is 300 g/mol. The Morgan fingerprint density at radius 1 is 0.909 bits per heavy atom. The van der Waals surface area contributed by atoms with Gasteiger partial charge in [-0.2, -0.15) is 0 Å². The van der Waals surface area contributed by atoms with Crippen molar-refractivity contribution in [3.8, 4) is 17.5 Å². The molecule has 5 nitrogen and oxygen atoms in total. The van der Waals surface area contributed by atoms with Gasteiger partial charge < -0.3 is 14.2 Å². The first kappa shape index (κ1) is 15.8. The Balaban J connectivity index is 1.69. The molecule has 0 amide bonds. The number of benzene rings is 1. The highest BCUT2D eigenvalue weighted by molar-refractivity contribution is 5.31. The van der Waals surface area contributed by atoms with Crippen LogP contribution < -0.4 is 14.2 Å². The summed E-state index contributed by atoms with van der Waals surface area (Å²) >= 11 is 0. The maximum absolute atomic E-state index is 5.58. The quantitative estimate of drug-likeness (QED) is 0.553. The molecule has 2 aromatic rings. The predicted octanol–water partition coefficient (Wildman–Crippen LogP) is 3.28. The molecule has 0 saturated carbocycles. The lowest BCUT2D eigenvalue weighted by Gasteiger charge is -2.08. The van der Waals surface area contributed by atoms with Crippen LogP contribution in [0.5, 0.6) is 17.5 Å². The minimum Gasteiger partial charge on any atom is -0.490 e. The van der Waals surface area contributed by atoms with Crippen molar-refractivity contribution >= 4 is 0 Å². The lowest BCUT2D eigenvalue weighted by molar-refractivity contribution is 0.206. The second-order valence-electron chi connectivity index (χ2n) is 4.79. The van der Waals surface area contributed by atoms with Crippen LogP contribution in [0.3, 0.4) is 0 Å². The van der Waals surface area contributed by atoms with Gasteiger partial charge in [0.05, 0.1) is 0 Å². The number of rotatable bonds is 8. The van der Waals surface area contributed by atoms with Gasteiger partial charge in [-0.3, -0.25) is 0 Å². The minimum atomic E-state index is 0.356. The van der Waals surface area contributed by atoms with E-state index < -0.39 is 0 Å². The Morgan fingerprint density at radius 2 is 1.50 bits per heavy atom. The molecule has 0 radical (unpaired) electrons. The Hall–Kier alpha value is -2.56. The van der Waals surface area contributed by atoms with Gasteiger partial charge in [0.15, 0.2) is 0 Å². The van der Waals surface area contributed by atoms with Gasteiger partial charge >= 0.3 is 6.01 Å². The first-order valence-electron chi connectivity index (χ1n) is 7.13. The van der Waals surface area contributed by atoms with Crippen molar-refractivity contribution in [1.82, 2.24) is 9.97 Å². The molecule has 2 rings (SSSR count). The van der Waals surface area contributed by atoms with E-state index in [0.29, 0.717) is 25.8 Å². The van der Waals surface area contributed by atoms with Crippen LogP contribution >= 0.6 is 0 Å². The molecule has 0 spiro atoms. The molecule has 0 unspecified atom stereocenters. The molecule has 0 bridgehead atoms. The van der Waals surface area contributed by atoms with E-state index in [2.05, 4.69) is 9.97 Å². The summed E-state index contributed by atoms with van der Waals surface area (Å²) < 4.78 is 16.5. The lowest BCUT2D eigenvalue weighted by atomic mass is 10.3. The second kappa shape index (κ2) is 8.67. The smallest absolute Gasteiger partial charge is 0.316 e. The molecule has 5 heteroatoms. The number of allylic oxidation sites excluding steroid dienone is 1. The highest BCUT2D eigenvalue weighted by Gasteiger charge is 1.98. The molecule has 1 aromatic carbocycles. The fourth-order valence-electron chi connectivity index (χ4n) is 1.59. The lowest BCUT2D eigenvalue weighted by Crippen LogP contribution is -2.10. The fourth-order valence-corrected chi connectivity index (χ4v) is 1.59. The zero-order valence-electron chi connectivity index (χ0n) is 12.9. The van der Waals surface area contributed by atoms with Gasteiger partial charge in [-0.05, 0) is 50.3 Å². The van der Waals surface area contributed by atoms with E-state index >= 15 is 0 Å². The van der Waals surface area contributed by atoms with Crippen LogP contribution in [0, 0.1) is 0 Å². The maximum atomic E-state index is 5.58. The molecule has 22 heavy (non-hydrogen) atoms. The van der Waals surface area contributed by atoms with E-state index in [0.717, 1.165) is 11.5 Å². The van der Waals surface area contributed by atoms with Crippen molar-refractivity contribution in [2.24, 2.45) is 0 Å². The second-order valence-corrected chi connectivity index (χ2v) is 4.79. The van der Waals surface area contributed by atoms with Crippen LogP contribution in [0.4, 0.5) is 0 Å². The first-order chi connectivity index (χ1) is 10.7. The third kappa shape index (κ3) is 5.83. The van der Waals surface area contributed by atoms with Crippen molar-refractivity contribution in [2.45, 2.75) is 13.8 Å². The molecule has 116 valence electrons. The topological polar surface area (TPSA) is 53.5 Å². The van der Waals surface area contributed by atoms with Crippen molar-refractivity contribution < 1.29 is 14.2 Å². The van der Waals surface area contributed by atoms with Crippen LogP contribution in [0.2, 0.25) is 0 Å². The molecular weight excluding hydrogens is 280 g/mol. The summed E-state index contributed by atoms with van der Waals surface area (Å²) in [5, 5.41) is 0. The van der Waals surface area contributed by atoms with Crippen LogP contribution in [-0.2, 0) is 0 Å². The van der Waals surface area contributed by atoms with Crippen LogP contribution in [-0.4, -0.2) is 29.8 Å². The SMILES string of the molecule is CC(C)=CCOc1ccc(OCCOc2ncccn2)cc1. The summed E-state index contributed by atoms with van der Waals surface area (Å²) in [7, 11) is 0. The Bertz CT molecular complexity index is 579. The van der Waals surface area contributed by atoms with Crippen LogP contribution in [0.25, 0.3) is 0 Å². The Kier molecular flexibility index (Phi) is 6.23. The highest BCUT2D eigenvalue weighted by Crippen LogP contribution is 2.17. The van der Waals surface area contributed by atoms with E-state index in [1.165, 1.54) is 5.57 Å². The molecule has 1 heterocycles. The monoisotopic (exact) mass is 300 g/mol. The van der Waals surface area contributed by atoms with Crippen LogP contribution in [0.1, 0.15) is 13.8 Å².